The third kappa shape index (κ3) is 27.7. The van der Waals surface area contributed by atoms with Gasteiger partial charge >= 0.3 is 19.8 Å². The molecular weight excluding hydrogens is 737 g/mol. The predicted molar refractivity (Wildman–Crippen MR) is 222 cm³/mol. The zero-order chi connectivity index (χ0) is 41.3. The van der Waals surface area contributed by atoms with E-state index in [9.17, 15) is 34.4 Å². The quantitative estimate of drug-likeness (QED) is 0.0175. The number of carbonyl (C=O) groups is 2. The Hall–Kier alpha value is -1.89. The van der Waals surface area contributed by atoms with Crippen LogP contribution >= 0.6 is 7.82 Å². The number of nitrogens with two attached hydrogens (primary N) is 1. The van der Waals surface area contributed by atoms with Crippen molar-refractivity contribution in [1.82, 2.24) is 0 Å². The summed E-state index contributed by atoms with van der Waals surface area (Å²) in [5.74, 6) is -1.43. The van der Waals surface area contributed by atoms with E-state index >= 15 is 0 Å². The third-order valence-electron chi connectivity index (χ3n) is 10.1. The molecule has 6 N–H and O–H groups in total. The van der Waals surface area contributed by atoms with Gasteiger partial charge in [0.1, 0.15) is 6.61 Å². The zero-order valence-electron chi connectivity index (χ0n) is 34.7. The summed E-state index contributed by atoms with van der Waals surface area (Å²) in [4.78, 5) is 35.0. The molecule has 0 radical (unpaired) electrons. The minimum Gasteiger partial charge on any atom is -0.462 e. The van der Waals surface area contributed by atoms with Gasteiger partial charge in [0.05, 0.1) is 31.5 Å². The SMILES string of the molecule is CCCCCCCC/C=C\CCCCCCCC(=O)O[C@H](COC(=O)CCC/C=C/C[C@@H]1[C@@H](/C=C/[C@@H](O)CCCCC)[C@H](O)C[C@@H]1O)COP(=O)(O)OCCN. The van der Waals surface area contributed by atoms with Gasteiger partial charge in [-0.3, -0.25) is 18.6 Å². The second-order valence-corrected chi connectivity index (χ2v) is 16.6. The fraction of sp³-hybridized carbons (Fsp3) is 0.814. The van der Waals surface area contributed by atoms with Crippen molar-refractivity contribution in [2.75, 3.05) is 26.4 Å². The molecule has 1 rings (SSSR count). The van der Waals surface area contributed by atoms with Crippen molar-refractivity contribution < 1.29 is 52.9 Å². The van der Waals surface area contributed by atoms with E-state index in [0.29, 0.717) is 38.5 Å². The molecular formula is C43H78NO11P. The molecule has 1 aliphatic rings. The molecule has 1 aliphatic carbocycles. The summed E-state index contributed by atoms with van der Waals surface area (Å²) >= 11 is 0. The number of unbranched alkanes of at least 4 members (excludes halogenated alkanes) is 14. The standard InChI is InChI=1S/C43H78NO11P/c1-3-5-7-8-9-10-11-12-13-14-15-16-17-18-24-28-43(49)55-37(35-54-56(50,51)53-32-31-44)34-52-42(48)27-23-20-19-22-26-38-39(41(47)33-40(38)46)30-29-36(45)25-21-6-4-2/h12-13,19,22,29-30,36-41,45-47H,3-11,14-18,20-21,23-28,31-35,44H2,1-2H3,(H,50,51)/b13-12-,22-19+,30-29+/t36-,37+,38+,39+,40-,41+/m0/s1. The van der Waals surface area contributed by atoms with Gasteiger partial charge < -0.3 is 35.4 Å². The monoisotopic (exact) mass is 816 g/mol. The summed E-state index contributed by atoms with van der Waals surface area (Å²) in [5, 5.41) is 31.3. The first kappa shape index (κ1) is 52.1. The highest BCUT2D eigenvalue weighted by Crippen LogP contribution is 2.43. The molecule has 1 unspecified atom stereocenters. The second-order valence-electron chi connectivity index (χ2n) is 15.2. The lowest BCUT2D eigenvalue weighted by Gasteiger charge is -2.20. The maximum absolute atomic E-state index is 12.6. The van der Waals surface area contributed by atoms with E-state index in [4.69, 9.17) is 24.3 Å². The van der Waals surface area contributed by atoms with E-state index < -0.39 is 50.8 Å². The molecule has 0 aromatic carbocycles. The molecule has 0 amide bonds. The molecule has 0 bridgehead atoms. The molecule has 0 saturated heterocycles. The summed E-state index contributed by atoms with van der Waals surface area (Å²) in [5.41, 5.74) is 5.34. The Morgan fingerprint density at radius 3 is 2.02 bits per heavy atom. The topological polar surface area (TPSA) is 195 Å². The fourth-order valence-corrected chi connectivity index (χ4v) is 7.51. The zero-order valence-corrected chi connectivity index (χ0v) is 35.6. The van der Waals surface area contributed by atoms with E-state index in [1.54, 1.807) is 6.08 Å². The van der Waals surface area contributed by atoms with Crippen LogP contribution < -0.4 is 5.73 Å². The van der Waals surface area contributed by atoms with Crippen LogP contribution in [0.1, 0.15) is 162 Å². The largest absolute Gasteiger partial charge is 0.472 e. The van der Waals surface area contributed by atoms with Crippen molar-refractivity contribution >= 4 is 19.8 Å². The van der Waals surface area contributed by atoms with E-state index in [0.717, 1.165) is 57.8 Å². The van der Waals surface area contributed by atoms with Gasteiger partial charge in [0, 0.05) is 31.7 Å². The van der Waals surface area contributed by atoms with Crippen LogP contribution in [-0.2, 0) is 32.7 Å². The number of ether oxygens (including phenoxy) is 2. The van der Waals surface area contributed by atoms with Crippen molar-refractivity contribution in [2.24, 2.45) is 17.6 Å². The van der Waals surface area contributed by atoms with E-state index in [-0.39, 0.29) is 44.4 Å². The first-order chi connectivity index (χ1) is 27.0. The summed E-state index contributed by atoms with van der Waals surface area (Å²) < 4.78 is 32.7. The van der Waals surface area contributed by atoms with Gasteiger partial charge in [-0.1, -0.05) is 121 Å². The lowest BCUT2D eigenvalue weighted by molar-refractivity contribution is -0.161. The van der Waals surface area contributed by atoms with Crippen LogP contribution in [-0.4, -0.2) is 82.9 Å². The molecule has 7 atom stereocenters. The molecule has 12 nitrogen and oxygen atoms in total. The van der Waals surface area contributed by atoms with E-state index in [2.05, 4.69) is 26.0 Å². The first-order valence-corrected chi connectivity index (χ1v) is 23.2. The van der Waals surface area contributed by atoms with Gasteiger partial charge in [0.25, 0.3) is 0 Å². The van der Waals surface area contributed by atoms with Crippen molar-refractivity contribution in [1.29, 1.82) is 0 Å². The number of hydrogen-bond donors (Lipinski definition) is 5. The molecule has 1 fully saturated rings. The van der Waals surface area contributed by atoms with Gasteiger partial charge in [-0.15, -0.1) is 0 Å². The van der Waals surface area contributed by atoms with E-state index in [1.807, 2.05) is 18.2 Å². The summed E-state index contributed by atoms with van der Waals surface area (Å²) in [7, 11) is -4.44. The van der Waals surface area contributed by atoms with Crippen molar-refractivity contribution in [2.45, 2.75) is 186 Å². The number of carbonyl (C=O) groups excluding carboxylic acids is 2. The second kappa shape index (κ2) is 34.0. The molecule has 0 heterocycles. The number of allylic oxidation sites excluding steroid dienone is 4. The van der Waals surface area contributed by atoms with Gasteiger partial charge in [-0.25, -0.2) is 4.57 Å². The number of phosphoric ester groups is 1. The van der Waals surface area contributed by atoms with Crippen molar-refractivity contribution in [3.63, 3.8) is 0 Å². The summed E-state index contributed by atoms with van der Waals surface area (Å²) in [6, 6.07) is 0. The van der Waals surface area contributed by atoms with Crippen LogP contribution in [0.2, 0.25) is 0 Å². The maximum Gasteiger partial charge on any atom is 0.472 e. The average molecular weight is 816 g/mol. The number of phosphoric acid groups is 1. The van der Waals surface area contributed by atoms with Gasteiger partial charge in [0.15, 0.2) is 6.10 Å². The molecule has 13 heteroatoms. The Balaban J connectivity index is 2.42. The lowest BCUT2D eigenvalue weighted by Crippen LogP contribution is -2.29. The number of aliphatic hydroxyl groups excluding tert-OH is 3. The Morgan fingerprint density at radius 1 is 0.750 bits per heavy atom. The third-order valence-corrected chi connectivity index (χ3v) is 11.1. The lowest BCUT2D eigenvalue weighted by atomic mass is 9.89. The van der Waals surface area contributed by atoms with Crippen LogP contribution in [0.15, 0.2) is 36.5 Å². The molecule has 1 saturated carbocycles. The molecule has 0 aromatic rings. The number of aliphatic hydroxyl groups is 3. The molecule has 0 spiro atoms. The predicted octanol–water partition coefficient (Wildman–Crippen LogP) is 8.54. The minimum atomic E-state index is -4.44. The number of esters is 2. The van der Waals surface area contributed by atoms with Crippen molar-refractivity contribution in [3.05, 3.63) is 36.5 Å². The highest BCUT2D eigenvalue weighted by Gasteiger charge is 2.39. The Kier molecular flexibility index (Phi) is 31.7. The number of rotatable bonds is 36. The fourth-order valence-electron chi connectivity index (χ4n) is 6.74. The van der Waals surface area contributed by atoms with Gasteiger partial charge in [-0.2, -0.15) is 0 Å². The van der Waals surface area contributed by atoms with Gasteiger partial charge in [0.2, 0.25) is 0 Å². The van der Waals surface area contributed by atoms with Crippen LogP contribution in [0.5, 0.6) is 0 Å². The Morgan fingerprint density at radius 2 is 1.34 bits per heavy atom. The van der Waals surface area contributed by atoms with Crippen LogP contribution in [0, 0.1) is 11.8 Å². The first-order valence-electron chi connectivity index (χ1n) is 21.7. The van der Waals surface area contributed by atoms with Crippen LogP contribution in [0.4, 0.5) is 0 Å². The molecule has 326 valence electrons. The van der Waals surface area contributed by atoms with Crippen LogP contribution in [0.25, 0.3) is 0 Å². The molecule has 56 heavy (non-hydrogen) atoms. The highest BCUT2D eigenvalue weighted by atomic mass is 31.2. The minimum absolute atomic E-state index is 0.0167. The smallest absolute Gasteiger partial charge is 0.462 e. The molecule has 0 aliphatic heterocycles. The van der Waals surface area contributed by atoms with Crippen molar-refractivity contribution in [3.8, 4) is 0 Å². The highest BCUT2D eigenvalue weighted by molar-refractivity contribution is 7.47. The average Bonchev–Trinajstić information content (AvgIpc) is 3.44. The summed E-state index contributed by atoms with van der Waals surface area (Å²) in [6.45, 7) is 3.33. The number of hydrogen-bond acceptors (Lipinski definition) is 11. The normalized spacial score (nSPS) is 20.9. The van der Waals surface area contributed by atoms with E-state index in [1.165, 1.54) is 38.5 Å². The maximum atomic E-state index is 12.6. The summed E-state index contributed by atoms with van der Waals surface area (Å²) in [6.07, 6.45) is 29.8. The Labute approximate surface area is 338 Å². The molecule has 0 aromatic heterocycles. The Bertz CT molecular complexity index is 1130. The van der Waals surface area contributed by atoms with Gasteiger partial charge in [-0.05, 0) is 63.7 Å². The van der Waals surface area contributed by atoms with Crippen LogP contribution in [0.3, 0.4) is 0 Å².